The number of carbonyl (C=O) groups excluding carboxylic acids is 1. The molecule has 1 aromatic heterocycles. The molecule has 0 aliphatic carbocycles. The monoisotopic (exact) mass is 422 g/mol. The predicted octanol–water partition coefficient (Wildman–Crippen LogP) is 3.69. The molecule has 1 heterocycles. The minimum Gasteiger partial charge on any atom is -0.352 e. The second kappa shape index (κ2) is 9.58. The molecule has 25 heavy (non-hydrogen) atoms. The van der Waals surface area contributed by atoms with E-state index in [1.807, 2.05) is 25.1 Å². The minimum atomic E-state index is -0.117. The van der Waals surface area contributed by atoms with Gasteiger partial charge in [-0.3, -0.25) is 9.79 Å². The molecule has 7 heteroatoms. The molecule has 0 atom stereocenters. The van der Waals surface area contributed by atoms with Gasteiger partial charge in [-0.2, -0.15) is 0 Å². The van der Waals surface area contributed by atoms with E-state index >= 15 is 0 Å². The Morgan fingerprint density at radius 2 is 1.96 bits per heavy atom. The zero-order valence-corrected chi connectivity index (χ0v) is 17.1. The largest absolute Gasteiger partial charge is 0.352 e. The predicted molar refractivity (Wildman–Crippen MR) is 109 cm³/mol. The number of aryl methyl sites for hydroxylation is 2. The Balaban J connectivity index is 1.81. The Morgan fingerprint density at radius 3 is 2.64 bits per heavy atom. The quantitative estimate of drug-likeness (QED) is 0.491. The van der Waals surface area contributed by atoms with Crippen LogP contribution in [0.1, 0.15) is 22.2 Å². The molecule has 2 rings (SSSR count). The molecule has 0 fully saturated rings. The lowest BCUT2D eigenvalue weighted by molar-refractivity contribution is -0.115. The van der Waals surface area contributed by atoms with Crippen molar-refractivity contribution in [2.75, 3.05) is 18.9 Å². The molecular formula is C18H23BrN4OS. The highest BCUT2D eigenvalue weighted by Gasteiger charge is 2.07. The van der Waals surface area contributed by atoms with Crippen molar-refractivity contribution in [1.82, 2.24) is 10.6 Å². The van der Waals surface area contributed by atoms with Gasteiger partial charge in [-0.05, 0) is 43.2 Å². The number of amides is 1. The number of carbonyl (C=O) groups is 1. The van der Waals surface area contributed by atoms with E-state index in [-0.39, 0.29) is 12.5 Å². The fourth-order valence-electron chi connectivity index (χ4n) is 2.19. The van der Waals surface area contributed by atoms with Crippen LogP contribution in [0.25, 0.3) is 0 Å². The molecule has 0 radical (unpaired) electrons. The number of halogens is 1. The summed E-state index contributed by atoms with van der Waals surface area (Å²) in [7, 11) is 1.69. The van der Waals surface area contributed by atoms with Crippen molar-refractivity contribution >= 4 is 44.8 Å². The van der Waals surface area contributed by atoms with Gasteiger partial charge < -0.3 is 16.0 Å². The van der Waals surface area contributed by atoms with Gasteiger partial charge in [-0.1, -0.05) is 28.9 Å². The standard InChI is InChI=1S/C18H23BrN4OS/c1-4-14-7-8-15(25-14)10-21-18(20-3)22-11-17(24)23-16-9-13(19)6-5-12(16)2/h5-9H,4,10-11H2,1-3H3,(H,23,24)(H2,20,21,22). The molecule has 5 nitrogen and oxygen atoms in total. The molecule has 1 amide bonds. The topological polar surface area (TPSA) is 65.5 Å². The molecule has 0 bridgehead atoms. The number of nitrogens with zero attached hydrogens (tertiary/aromatic N) is 1. The average Bonchev–Trinajstić information content (AvgIpc) is 3.06. The Morgan fingerprint density at radius 1 is 1.20 bits per heavy atom. The lowest BCUT2D eigenvalue weighted by Gasteiger charge is -2.12. The Kier molecular flexibility index (Phi) is 7.46. The first-order chi connectivity index (χ1) is 12.0. The zero-order chi connectivity index (χ0) is 18.2. The van der Waals surface area contributed by atoms with Crippen molar-refractivity contribution in [2.24, 2.45) is 4.99 Å². The number of benzene rings is 1. The van der Waals surface area contributed by atoms with Crippen molar-refractivity contribution < 1.29 is 4.79 Å². The van der Waals surface area contributed by atoms with E-state index in [1.54, 1.807) is 18.4 Å². The summed E-state index contributed by atoms with van der Waals surface area (Å²) in [5, 5.41) is 9.16. The van der Waals surface area contributed by atoms with Crippen LogP contribution in [0.2, 0.25) is 0 Å². The summed E-state index contributed by atoms with van der Waals surface area (Å²) < 4.78 is 0.932. The van der Waals surface area contributed by atoms with E-state index in [2.05, 4.69) is 55.9 Å². The molecule has 0 unspecified atom stereocenters. The van der Waals surface area contributed by atoms with Crippen LogP contribution in [0.15, 0.2) is 39.8 Å². The first kappa shape index (κ1) is 19.5. The van der Waals surface area contributed by atoms with Crippen LogP contribution in [0, 0.1) is 6.92 Å². The molecule has 2 aromatic rings. The smallest absolute Gasteiger partial charge is 0.243 e. The van der Waals surface area contributed by atoms with Crippen LogP contribution in [-0.2, 0) is 17.8 Å². The summed E-state index contributed by atoms with van der Waals surface area (Å²) in [4.78, 5) is 18.9. The van der Waals surface area contributed by atoms with Crippen LogP contribution in [0.4, 0.5) is 5.69 Å². The van der Waals surface area contributed by atoms with Crippen LogP contribution in [-0.4, -0.2) is 25.5 Å². The minimum absolute atomic E-state index is 0.117. The summed E-state index contributed by atoms with van der Waals surface area (Å²) in [5.41, 5.74) is 1.82. The zero-order valence-electron chi connectivity index (χ0n) is 14.6. The highest BCUT2D eigenvalue weighted by Crippen LogP contribution is 2.20. The van der Waals surface area contributed by atoms with Crippen LogP contribution in [0.5, 0.6) is 0 Å². The molecule has 0 aliphatic rings. The highest BCUT2D eigenvalue weighted by atomic mass is 79.9. The van der Waals surface area contributed by atoms with Gasteiger partial charge in [0.15, 0.2) is 5.96 Å². The maximum Gasteiger partial charge on any atom is 0.243 e. The van der Waals surface area contributed by atoms with Gasteiger partial charge in [-0.15, -0.1) is 11.3 Å². The van der Waals surface area contributed by atoms with E-state index in [0.717, 1.165) is 22.1 Å². The number of rotatable bonds is 6. The number of anilines is 1. The molecule has 0 saturated carbocycles. The van der Waals surface area contributed by atoms with Gasteiger partial charge in [0.05, 0.1) is 13.1 Å². The number of nitrogens with one attached hydrogen (secondary N) is 3. The lowest BCUT2D eigenvalue weighted by atomic mass is 10.2. The highest BCUT2D eigenvalue weighted by molar-refractivity contribution is 9.10. The van der Waals surface area contributed by atoms with Crippen molar-refractivity contribution in [1.29, 1.82) is 0 Å². The lowest BCUT2D eigenvalue weighted by Crippen LogP contribution is -2.41. The van der Waals surface area contributed by atoms with Gasteiger partial charge in [0.25, 0.3) is 0 Å². The number of aliphatic imine (C=N–C) groups is 1. The van der Waals surface area contributed by atoms with Crippen molar-refractivity contribution in [2.45, 2.75) is 26.8 Å². The summed E-state index contributed by atoms with van der Waals surface area (Å²) in [6.45, 7) is 4.95. The summed E-state index contributed by atoms with van der Waals surface area (Å²) in [5.74, 6) is 0.487. The first-order valence-electron chi connectivity index (χ1n) is 8.10. The number of guanidine groups is 1. The SMILES string of the molecule is CCc1ccc(CNC(=NC)NCC(=O)Nc2cc(Br)ccc2C)s1. The molecular weight excluding hydrogens is 400 g/mol. The van der Waals surface area contributed by atoms with Gasteiger partial charge in [-0.25, -0.2) is 0 Å². The van der Waals surface area contributed by atoms with E-state index in [4.69, 9.17) is 0 Å². The Labute approximate surface area is 161 Å². The summed E-state index contributed by atoms with van der Waals surface area (Å²) in [6.07, 6.45) is 1.05. The summed E-state index contributed by atoms with van der Waals surface area (Å²) >= 11 is 5.20. The third kappa shape index (κ3) is 6.17. The Hall–Kier alpha value is -1.86. The van der Waals surface area contributed by atoms with Crippen LogP contribution >= 0.6 is 27.3 Å². The fraction of sp³-hybridized carbons (Fsp3) is 0.333. The second-order valence-electron chi connectivity index (χ2n) is 5.51. The van der Waals surface area contributed by atoms with E-state index in [0.29, 0.717) is 12.5 Å². The van der Waals surface area contributed by atoms with Crippen molar-refractivity contribution in [3.63, 3.8) is 0 Å². The molecule has 0 saturated heterocycles. The van der Waals surface area contributed by atoms with Gasteiger partial charge in [0.1, 0.15) is 0 Å². The normalized spacial score (nSPS) is 11.3. The van der Waals surface area contributed by atoms with Crippen LogP contribution < -0.4 is 16.0 Å². The van der Waals surface area contributed by atoms with Gasteiger partial charge in [0, 0.05) is 27.0 Å². The maximum absolute atomic E-state index is 12.1. The van der Waals surface area contributed by atoms with Gasteiger partial charge in [0.2, 0.25) is 5.91 Å². The second-order valence-corrected chi connectivity index (χ2v) is 7.68. The van der Waals surface area contributed by atoms with Gasteiger partial charge >= 0.3 is 0 Å². The molecule has 0 spiro atoms. The molecule has 134 valence electrons. The molecule has 0 aliphatic heterocycles. The number of hydrogen-bond acceptors (Lipinski definition) is 3. The fourth-order valence-corrected chi connectivity index (χ4v) is 3.44. The van der Waals surface area contributed by atoms with E-state index < -0.39 is 0 Å². The third-order valence-corrected chi connectivity index (χ3v) is 5.33. The molecule has 3 N–H and O–H groups in total. The number of hydrogen-bond donors (Lipinski definition) is 3. The average molecular weight is 423 g/mol. The molecule has 1 aromatic carbocycles. The Bertz CT molecular complexity index is 757. The van der Waals surface area contributed by atoms with Crippen molar-refractivity contribution in [3.05, 3.63) is 50.1 Å². The van der Waals surface area contributed by atoms with Crippen LogP contribution in [0.3, 0.4) is 0 Å². The summed E-state index contributed by atoms with van der Waals surface area (Å²) in [6, 6.07) is 10.1. The van der Waals surface area contributed by atoms with E-state index in [9.17, 15) is 4.79 Å². The maximum atomic E-state index is 12.1. The third-order valence-electron chi connectivity index (χ3n) is 3.61. The number of thiophene rings is 1. The van der Waals surface area contributed by atoms with E-state index in [1.165, 1.54) is 9.75 Å². The van der Waals surface area contributed by atoms with Crippen molar-refractivity contribution in [3.8, 4) is 0 Å². The first-order valence-corrected chi connectivity index (χ1v) is 9.71.